The molecule has 18 heavy (non-hydrogen) atoms. The van der Waals surface area contributed by atoms with Gasteiger partial charge in [0.15, 0.2) is 0 Å². The molecule has 0 atom stereocenters. The van der Waals surface area contributed by atoms with Crippen molar-refractivity contribution >= 4 is 13.1 Å². The van der Waals surface area contributed by atoms with Gasteiger partial charge >= 0.3 is 13.1 Å². The van der Waals surface area contributed by atoms with E-state index in [1.807, 2.05) is 27.7 Å². The second kappa shape index (κ2) is 4.37. The molecule has 0 saturated carbocycles. The average molecular weight is 254 g/mol. The van der Waals surface area contributed by atoms with Crippen molar-refractivity contribution in [3.8, 4) is 0 Å². The largest absolute Gasteiger partial charge is 0.493 e. The molecule has 5 nitrogen and oxygen atoms in total. The maximum absolute atomic E-state index is 11.6. The quantitative estimate of drug-likeness (QED) is 0.546. The van der Waals surface area contributed by atoms with Crippen molar-refractivity contribution < 1.29 is 23.6 Å². The van der Waals surface area contributed by atoms with Gasteiger partial charge < -0.3 is 18.8 Å². The highest BCUT2D eigenvalue weighted by molar-refractivity contribution is 6.55. The molecule has 0 spiro atoms. The summed E-state index contributed by atoms with van der Waals surface area (Å²) in [6.45, 7) is 8.50. The molecule has 2 aliphatic heterocycles. The van der Waals surface area contributed by atoms with Crippen molar-refractivity contribution in [3.05, 3.63) is 11.0 Å². The fraction of sp³-hybridized carbons (Fsp3) is 0.750. The zero-order valence-electron chi connectivity index (χ0n) is 11.5. The number of hydrogen-bond acceptors (Lipinski definition) is 5. The zero-order chi connectivity index (χ0) is 13.6. The van der Waals surface area contributed by atoms with E-state index >= 15 is 0 Å². The maximum Gasteiger partial charge on any atom is 0.493 e. The van der Waals surface area contributed by atoms with Crippen LogP contribution in [0.15, 0.2) is 11.0 Å². The van der Waals surface area contributed by atoms with Crippen LogP contribution >= 0.6 is 0 Å². The van der Waals surface area contributed by atoms with Crippen LogP contribution in [0.4, 0.5) is 0 Å². The molecular formula is C12H19BO5. The first kappa shape index (κ1) is 13.6. The molecule has 100 valence electrons. The van der Waals surface area contributed by atoms with Gasteiger partial charge in [-0.3, -0.25) is 0 Å². The van der Waals surface area contributed by atoms with E-state index in [9.17, 15) is 4.79 Å². The lowest BCUT2D eigenvalue weighted by Gasteiger charge is -2.32. The van der Waals surface area contributed by atoms with Crippen LogP contribution in [0.5, 0.6) is 0 Å². The normalized spacial score (nSPS) is 25.7. The fourth-order valence-corrected chi connectivity index (χ4v) is 1.95. The molecule has 0 aromatic heterocycles. The van der Waals surface area contributed by atoms with Crippen LogP contribution in [0.3, 0.4) is 0 Å². The minimum atomic E-state index is -0.536. The first-order valence-corrected chi connectivity index (χ1v) is 6.02. The second-order valence-electron chi connectivity index (χ2n) is 5.58. The summed E-state index contributed by atoms with van der Waals surface area (Å²) in [5, 5.41) is 0. The number of esters is 1. The Labute approximate surface area is 108 Å². The number of ether oxygens (including phenoxy) is 2. The summed E-state index contributed by atoms with van der Waals surface area (Å²) in [5.74, 6) is -0.378. The van der Waals surface area contributed by atoms with Gasteiger partial charge in [-0.1, -0.05) is 0 Å². The molecule has 0 aromatic carbocycles. The summed E-state index contributed by atoms with van der Waals surface area (Å²) in [6.07, 6.45) is 0. The highest BCUT2D eigenvalue weighted by Gasteiger charge is 2.53. The Bertz CT molecular complexity index is 383. The molecule has 0 unspecified atom stereocenters. The van der Waals surface area contributed by atoms with Gasteiger partial charge in [0.2, 0.25) is 0 Å². The molecule has 6 heteroatoms. The third-order valence-electron chi connectivity index (χ3n) is 3.86. The van der Waals surface area contributed by atoms with Crippen molar-refractivity contribution in [3.63, 3.8) is 0 Å². The van der Waals surface area contributed by atoms with Crippen LogP contribution in [-0.2, 0) is 23.6 Å². The van der Waals surface area contributed by atoms with Gasteiger partial charge in [0.1, 0.15) is 0 Å². The van der Waals surface area contributed by atoms with Crippen LogP contribution in [0, 0.1) is 0 Å². The first-order valence-electron chi connectivity index (χ1n) is 6.02. The van der Waals surface area contributed by atoms with Gasteiger partial charge in [-0.15, -0.1) is 0 Å². The summed E-state index contributed by atoms with van der Waals surface area (Å²) in [4.78, 5) is 11.6. The molecule has 0 aromatic rings. The Kier molecular flexibility index (Phi) is 3.29. The molecule has 0 bridgehead atoms. The maximum atomic E-state index is 11.6. The lowest BCUT2D eigenvalue weighted by atomic mass is 9.76. The van der Waals surface area contributed by atoms with E-state index in [1.54, 1.807) is 0 Å². The van der Waals surface area contributed by atoms with Crippen molar-refractivity contribution in [1.82, 2.24) is 0 Å². The predicted molar refractivity (Wildman–Crippen MR) is 65.9 cm³/mol. The van der Waals surface area contributed by atoms with Crippen LogP contribution in [-0.4, -0.2) is 44.6 Å². The summed E-state index contributed by atoms with van der Waals surface area (Å²) in [6, 6.07) is 0. The summed E-state index contributed by atoms with van der Waals surface area (Å²) < 4.78 is 21.9. The highest BCUT2D eigenvalue weighted by atomic mass is 16.7. The van der Waals surface area contributed by atoms with Crippen LogP contribution in [0.1, 0.15) is 27.7 Å². The fourth-order valence-electron chi connectivity index (χ4n) is 1.95. The van der Waals surface area contributed by atoms with Crippen molar-refractivity contribution in [2.45, 2.75) is 38.9 Å². The van der Waals surface area contributed by atoms with Gasteiger partial charge in [-0.2, -0.15) is 0 Å². The summed E-state index contributed by atoms with van der Waals surface area (Å²) in [7, 11) is 0.821. The lowest BCUT2D eigenvalue weighted by molar-refractivity contribution is -0.136. The third-order valence-corrected chi connectivity index (χ3v) is 3.86. The van der Waals surface area contributed by atoms with Crippen LogP contribution < -0.4 is 0 Å². The van der Waals surface area contributed by atoms with Gasteiger partial charge in [0.25, 0.3) is 0 Å². The van der Waals surface area contributed by atoms with E-state index in [0.29, 0.717) is 12.2 Å². The Morgan fingerprint density at radius 3 is 2.22 bits per heavy atom. The Morgan fingerprint density at radius 2 is 1.72 bits per heavy atom. The molecule has 0 radical (unpaired) electrons. The van der Waals surface area contributed by atoms with Crippen molar-refractivity contribution in [2.75, 3.05) is 20.3 Å². The van der Waals surface area contributed by atoms with Gasteiger partial charge in [0.05, 0.1) is 37.1 Å². The highest BCUT2D eigenvalue weighted by Crippen LogP contribution is 2.39. The SMILES string of the molecule is COC(=O)C1=C(B2OC(C)(C)C(C)(C)O2)COC1. The number of carbonyl (C=O) groups excluding carboxylic acids is 1. The number of methoxy groups -OCH3 is 1. The van der Waals surface area contributed by atoms with E-state index in [2.05, 4.69) is 0 Å². The van der Waals surface area contributed by atoms with Crippen molar-refractivity contribution in [1.29, 1.82) is 0 Å². The first-order chi connectivity index (χ1) is 8.28. The van der Waals surface area contributed by atoms with Gasteiger partial charge in [-0.05, 0) is 33.2 Å². The minimum Gasteiger partial charge on any atom is -0.466 e. The summed E-state index contributed by atoms with van der Waals surface area (Å²) in [5.41, 5.74) is 0.402. The van der Waals surface area contributed by atoms with E-state index in [0.717, 1.165) is 5.47 Å². The van der Waals surface area contributed by atoms with E-state index < -0.39 is 18.3 Å². The summed E-state index contributed by atoms with van der Waals surface area (Å²) >= 11 is 0. The molecule has 1 fully saturated rings. The zero-order valence-corrected chi connectivity index (χ0v) is 11.5. The Hall–Kier alpha value is -0.845. The molecule has 0 amide bonds. The third kappa shape index (κ3) is 2.09. The molecule has 0 N–H and O–H groups in total. The Balaban J connectivity index is 2.26. The number of rotatable bonds is 2. The molecule has 1 saturated heterocycles. The second-order valence-corrected chi connectivity index (χ2v) is 5.58. The number of hydrogen-bond donors (Lipinski definition) is 0. The average Bonchev–Trinajstić information content (AvgIpc) is 2.81. The van der Waals surface area contributed by atoms with E-state index in [1.165, 1.54) is 7.11 Å². The topological polar surface area (TPSA) is 54.0 Å². The monoisotopic (exact) mass is 254 g/mol. The van der Waals surface area contributed by atoms with Gasteiger partial charge in [-0.25, -0.2) is 4.79 Å². The Morgan fingerprint density at radius 1 is 1.17 bits per heavy atom. The minimum absolute atomic E-state index is 0.256. The van der Waals surface area contributed by atoms with Crippen LogP contribution in [0.25, 0.3) is 0 Å². The predicted octanol–water partition coefficient (Wildman–Crippen LogP) is 1.12. The molecular weight excluding hydrogens is 235 g/mol. The van der Waals surface area contributed by atoms with Crippen molar-refractivity contribution in [2.24, 2.45) is 0 Å². The standard InChI is InChI=1S/C12H19BO5/c1-11(2)12(3,4)18-13(17-11)9-7-16-6-8(9)10(14)15-5/h6-7H2,1-5H3. The van der Waals surface area contributed by atoms with Crippen LogP contribution in [0.2, 0.25) is 0 Å². The molecule has 2 rings (SSSR count). The molecule has 2 aliphatic rings. The van der Waals surface area contributed by atoms with E-state index in [-0.39, 0.29) is 12.6 Å². The smallest absolute Gasteiger partial charge is 0.466 e. The molecule has 2 heterocycles. The number of carbonyl (C=O) groups is 1. The van der Waals surface area contributed by atoms with Gasteiger partial charge in [0, 0.05) is 0 Å². The lowest BCUT2D eigenvalue weighted by Crippen LogP contribution is -2.41. The van der Waals surface area contributed by atoms with E-state index in [4.69, 9.17) is 18.8 Å². The molecule has 0 aliphatic carbocycles.